The van der Waals surface area contributed by atoms with Crippen LogP contribution in [0.25, 0.3) is 22.5 Å². The van der Waals surface area contributed by atoms with E-state index in [1.165, 1.54) is 0 Å². The molecule has 24 heavy (non-hydrogen) atoms. The number of H-pyrrole nitrogens is 1. The summed E-state index contributed by atoms with van der Waals surface area (Å²) in [6, 6.07) is 17.6. The van der Waals surface area contributed by atoms with Gasteiger partial charge in [-0.15, -0.1) is 0 Å². The maximum atomic E-state index is 5.72. The van der Waals surface area contributed by atoms with Crippen LogP contribution in [0.2, 0.25) is 0 Å². The molecular formula is C19H21N3O2. The summed E-state index contributed by atoms with van der Waals surface area (Å²) < 4.78 is 10.9. The van der Waals surface area contributed by atoms with E-state index in [0.29, 0.717) is 19.8 Å². The summed E-state index contributed by atoms with van der Waals surface area (Å²) in [5.41, 5.74) is 10.4. The van der Waals surface area contributed by atoms with Crippen molar-refractivity contribution in [3.63, 3.8) is 0 Å². The van der Waals surface area contributed by atoms with Crippen LogP contribution in [0.5, 0.6) is 5.75 Å². The Morgan fingerprint density at radius 3 is 2.38 bits per heavy atom. The molecule has 0 amide bonds. The lowest BCUT2D eigenvalue weighted by Gasteiger charge is -2.06. The first kappa shape index (κ1) is 16.1. The van der Waals surface area contributed by atoms with Gasteiger partial charge in [0.1, 0.15) is 12.4 Å². The summed E-state index contributed by atoms with van der Waals surface area (Å²) in [6.45, 7) is 3.83. The maximum Gasteiger partial charge on any atom is 0.119 e. The molecule has 3 rings (SSSR count). The van der Waals surface area contributed by atoms with Gasteiger partial charge in [0.25, 0.3) is 0 Å². The van der Waals surface area contributed by atoms with E-state index in [0.717, 1.165) is 34.0 Å². The molecule has 5 nitrogen and oxygen atoms in total. The van der Waals surface area contributed by atoms with Crippen molar-refractivity contribution in [1.29, 1.82) is 0 Å². The minimum atomic E-state index is 0.552. The second-order valence-electron chi connectivity index (χ2n) is 5.36. The van der Waals surface area contributed by atoms with E-state index in [9.17, 15) is 0 Å². The van der Waals surface area contributed by atoms with Gasteiger partial charge >= 0.3 is 0 Å². The summed E-state index contributed by atoms with van der Waals surface area (Å²) in [5, 5.41) is 7.45. The number of nitrogen functional groups attached to an aromatic ring is 1. The third-order valence-electron chi connectivity index (χ3n) is 3.65. The topological polar surface area (TPSA) is 73.2 Å². The van der Waals surface area contributed by atoms with Crippen LogP contribution in [-0.4, -0.2) is 30.0 Å². The predicted molar refractivity (Wildman–Crippen MR) is 95.9 cm³/mol. The lowest BCUT2D eigenvalue weighted by atomic mass is 10.1. The van der Waals surface area contributed by atoms with Crippen molar-refractivity contribution in [2.75, 3.05) is 25.6 Å². The van der Waals surface area contributed by atoms with Crippen LogP contribution in [0.1, 0.15) is 6.92 Å². The van der Waals surface area contributed by atoms with Gasteiger partial charge in [0.05, 0.1) is 18.0 Å². The van der Waals surface area contributed by atoms with E-state index in [1.807, 2.05) is 61.5 Å². The number of aromatic amines is 1. The Bertz CT molecular complexity index is 764. The number of nitrogens with zero attached hydrogens (tertiary/aromatic N) is 1. The van der Waals surface area contributed by atoms with Gasteiger partial charge in [-0.05, 0) is 55.0 Å². The molecule has 0 radical (unpaired) electrons. The number of benzene rings is 2. The number of nitrogens with two attached hydrogens (primary N) is 1. The van der Waals surface area contributed by atoms with Gasteiger partial charge < -0.3 is 15.2 Å². The average Bonchev–Trinajstić information content (AvgIpc) is 3.10. The van der Waals surface area contributed by atoms with Gasteiger partial charge in [-0.25, -0.2) is 0 Å². The summed E-state index contributed by atoms with van der Waals surface area (Å²) in [6.07, 6.45) is 0. The zero-order chi connectivity index (χ0) is 16.8. The molecule has 0 fully saturated rings. The van der Waals surface area contributed by atoms with E-state index >= 15 is 0 Å². The first-order valence-corrected chi connectivity index (χ1v) is 7.98. The largest absolute Gasteiger partial charge is 0.491 e. The molecule has 0 aliphatic heterocycles. The molecule has 2 aromatic carbocycles. The highest BCUT2D eigenvalue weighted by Crippen LogP contribution is 2.25. The van der Waals surface area contributed by atoms with Gasteiger partial charge in [-0.1, -0.05) is 12.1 Å². The van der Waals surface area contributed by atoms with Gasteiger partial charge in [-0.2, -0.15) is 5.10 Å². The molecule has 124 valence electrons. The van der Waals surface area contributed by atoms with Crippen LogP contribution in [0.3, 0.4) is 0 Å². The minimum absolute atomic E-state index is 0.552. The predicted octanol–water partition coefficient (Wildman–Crippen LogP) is 3.74. The highest BCUT2D eigenvalue weighted by molar-refractivity contribution is 5.69. The Kier molecular flexibility index (Phi) is 5.13. The van der Waals surface area contributed by atoms with E-state index in [-0.39, 0.29) is 0 Å². The molecule has 5 heteroatoms. The first-order valence-electron chi connectivity index (χ1n) is 7.98. The molecule has 0 atom stereocenters. The lowest BCUT2D eigenvalue weighted by Crippen LogP contribution is -2.06. The summed E-state index contributed by atoms with van der Waals surface area (Å²) in [7, 11) is 0. The van der Waals surface area contributed by atoms with E-state index in [1.54, 1.807) is 0 Å². The van der Waals surface area contributed by atoms with Crippen molar-refractivity contribution in [3.05, 3.63) is 54.6 Å². The second kappa shape index (κ2) is 7.66. The van der Waals surface area contributed by atoms with Gasteiger partial charge in [0.2, 0.25) is 0 Å². The van der Waals surface area contributed by atoms with Crippen LogP contribution in [0.15, 0.2) is 54.6 Å². The number of hydrogen-bond donors (Lipinski definition) is 2. The maximum absolute atomic E-state index is 5.72. The first-order chi connectivity index (χ1) is 11.8. The minimum Gasteiger partial charge on any atom is -0.491 e. The Labute approximate surface area is 141 Å². The van der Waals surface area contributed by atoms with Crippen molar-refractivity contribution in [3.8, 4) is 28.3 Å². The number of hydrogen-bond acceptors (Lipinski definition) is 4. The standard InChI is InChI=1S/C19H21N3O2/c1-2-23-11-12-24-17-9-5-15(6-10-17)19-13-18(21-22-19)14-3-7-16(20)8-4-14/h3-10,13H,2,11-12,20H2,1H3,(H,21,22). The summed E-state index contributed by atoms with van der Waals surface area (Å²) in [4.78, 5) is 0. The van der Waals surface area contributed by atoms with E-state index < -0.39 is 0 Å². The van der Waals surface area contributed by atoms with Crippen molar-refractivity contribution in [2.24, 2.45) is 0 Å². The fourth-order valence-electron chi connectivity index (χ4n) is 2.36. The number of nitrogens with one attached hydrogen (secondary N) is 1. The van der Waals surface area contributed by atoms with Crippen LogP contribution in [0, 0.1) is 0 Å². The van der Waals surface area contributed by atoms with E-state index in [4.69, 9.17) is 15.2 Å². The third kappa shape index (κ3) is 3.94. The molecule has 0 aliphatic carbocycles. The zero-order valence-electron chi connectivity index (χ0n) is 13.7. The monoisotopic (exact) mass is 323 g/mol. The molecular weight excluding hydrogens is 302 g/mol. The SMILES string of the molecule is CCOCCOc1ccc(-c2cc(-c3ccc(N)cc3)[nH]n2)cc1. The lowest BCUT2D eigenvalue weighted by molar-refractivity contribution is 0.110. The van der Waals surface area contributed by atoms with Gasteiger partial charge in [-0.3, -0.25) is 5.10 Å². The second-order valence-corrected chi connectivity index (χ2v) is 5.36. The fraction of sp³-hybridized carbons (Fsp3) is 0.211. The molecule has 1 aromatic heterocycles. The summed E-state index contributed by atoms with van der Waals surface area (Å²) >= 11 is 0. The molecule has 0 bridgehead atoms. The summed E-state index contributed by atoms with van der Waals surface area (Å²) in [5.74, 6) is 0.827. The van der Waals surface area contributed by atoms with Crippen LogP contribution >= 0.6 is 0 Å². The molecule has 3 N–H and O–H groups in total. The molecule has 0 unspecified atom stereocenters. The van der Waals surface area contributed by atoms with Crippen LogP contribution < -0.4 is 10.5 Å². The normalized spacial score (nSPS) is 10.7. The van der Waals surface area contributed by atoms with Crippen LogP contribution in [0.4, 0.5) is 5.69 Å². The molecule has 1 heterocycles. The molecule has 0 saturated heterocycles. The van der Waals surface area contributed by atoms with Crippen molar-refractivity contribution in [1.82, 2.24) is 10.2 Å². The number of anilines is 1. The van der Waals surface area contributed by atoms with E-state index in [2.05, 4.69) is 10.2 Å². The van der Waals surface area contributed by atoms with Crippen LogP contribution in [-0.2, 0) is 4.74 Å². The number of rotatable bonds is 7. The quantitative estimate of drug-likeness (QED) is 0.513. The Balaban J connectivity index is 1.67. The Hall–Kier alpha value is -2.79. The fourth-order valence-corrected chi connectivity index (χ4v) is 2.36. The zero-order valence-corrected chi connectivity index (χ0v) is 13.7. The highest BCUT2D eigenvalue weighted by Gasteiger charge is 2.06. The Morgan fingerprint density at radius 1 is 0.958 bits per heavy atom. The number of aromatic nitrogens is 2. The molecule has 0 spiro atoms. The highest BCUT2D eigenvalue weighted by atomic mass is 16.5. The van der Waals surface area contributed by atoms with Crippen molar-refractivity contribution in [2.45, 2.75) is 6.92 Å². The van der Waals surface area contributed by atoms with Crippen molar-refractivity contribution < 1.29 is 9.47 Å². The third-order valence-corrected chi connectivity index (χ3v) is 3.65. The molecule has 0 saturated carbocycles. The average molecular weight is 323 g/mol. The Morgan fingerprint density at radius 2 is 1.67 bits per heavy atom. The molecule has 3 aromatic rings. The van der Waals surface area contributed by atoms with Gasteiger partial charge in [0, 0.05) is 17.9 Å². The van der Waals surface area contributed by atoms with Gasteiger partial charge in [0.15, 0.2) is 0 Å². The number of ether oxygens (including phenoxy) is 2. The smallest absolute Gasteiger partial charge is 0.119 e. The molecule has 0 aliphatic rings. The van der Waals surface area contributed by atoms with Crippen molar-refractivity contribution >= 4 is 5.69 Å².